The average Bonchev–Trinajstić information content (AvgIpc) is 2.24. The molecule has 2 rings (SSSR count). The number of allylic oxidation sites excluding steroid dienone is 1. The van der Waals surface area contributed by atoms with Gasteiger partial charge in [0.05, 0.1) is 0 Å². The van der Waals surface area contributed by atoms with Gasteiger partial charge in [0.15, 0.2) is 0 Å². The highest BCUT2D eigenvalue weighted by Crippen LogP contribution is 2.27. The summed E-state index contributed by atoms with van der Waals surface area (Å²) in [6.45, 7) is 2.25. The third-order valence-corrected chi connectivity index (χ3v) is 3.43. The van der Waals surface area contributed by atoms with Gasteiger partial charge < -0.3 is 21.7 Å². The van der Waals surface area contributed by atoms with Crippen molar-refractivity contribution in [2.24, 2.45) is 17.4 Å². The highest BCUT2D eigenvalue weighted by atomic mass is 15.1. The molecule has 2 aliphatic heterocycles. The summed E-state index contributed by atoms with van der Waals surface area (Å²) in [5, 5.41) is 3.22. The Morgan fingerprint density at radius 3 is 2.67 bits per heavy atom. The summed E-state index contributed by atoms with van der Waals surface area (Å²) in [4.78, 5) is 2.34. The Labute approximate surface area is 91.0 Å². The van der Waals surface area contributed by atoms with Crippen LogP contribution in [0.4, 0.5) is 0 Å². The molecule has 4 heteroatoms. The van der Waals surface area contributed by atoms with E-state index in [0.717, 1.165) is 31.6 Å². The van der Waals surface area contributed by atoms with Crippen LogP contribution in [0.5, 0.6) is 0 Å². The number of rotatable bonds is 1. The van der Waals surface area contributed by atoms with Crippen molar-refractivity contribution in [2.45, 2.75) is 18.5 Å². The van der Waals surface area contributed by atoms with Gasteiger partial charge in [-0.2, -0.15) is 0 Å². The zero-order valence-electron chi connectivity index (χ0n) is 9.24. The molecular weight excluding hydrogens is 188 g/mol. The van der Waals surface area contributed by atoms with Crippen LogP contribution in [0.1, 0.15) is 12.8 Å². The quantitative estimate of drug-likeness (QED) is 0.565. The molecule has 2 heterocycles. The lowest BCUT2D eigenvalue weighted by atomic mass is 9.83. The van der Waals surface area contributed by atoms with Crippen LogP contribution in [0.15, 0.2) is 24.0 Å². The Kier molecular flexibility index (Phi) is 2.71. The molecule has 1 fully saturated rings. The van der Waals surface area contributed by atoms with Crippen LogP contribution < -0.4 is 16.8 Å². The van der Waals surface area contributed by atoms with Gasteiger partial charge in [-0.1, -0.05) is 0 Å². The first-order chi connectivity index (χ1) is 7.10. The van der Waals surface area contributed by atoms with E-state index in [0.29, 0.717) is 5.92 Å². The Morgan fingerprint density at radius 2 is 2.13 bits per heavy atom. The molecule has 15 heavy (non-hydrogen) atoms. The second-order valence-electron chi connectivity index (χ2n) is 4.63. The average molecular weight is 208 g/mol. The molecule has 0 aromatic carbocycles. The van der Waals surface area contributed by atoms with E-state index < -0.39 is 5.66 Å². The van der Waals surface area contributed by atoms with Crippen molar-refractivity contribution in [2.75, 3.05) is 20.1 Å². The van der Waals surface area contributed by atoms with Crippen LogP contribution >= 0.6 is 0 Å². The fourth-order valence-electron chi connectivity index (χ4n) is 2.28. The summed E-state index contributed by atoms with van der Waals surface area (Å²) >= 11 is 0. The molecule has 1 atom stereocenters. The molecule has 0 aromatic rings. The minimum absolute atomic E-state index is 0.399. The van der Waals surface area contributed by atoms with Crippen molar-refractivity contribution >= 4 is 0 Å². The number of nitrogens with zero attached hydrogens (tertiary/aromatic N) is 1. The van der Waals surface area contributed by atoms with E-state index >= 15 is 0 Å². The van der Waals surface area contributed by atoms with Gasteiger partial charge in [-0.25, -0.2) is 0 Å². The van der Waals surface area contributed by atoms with Crippen LogP contribution in [0, 0.1) is 5.92 Å². The summed E-state index contributed by atoms with van der Waals surface area (Å²) in [7, 11) is 2.15. The van der Waals surface area contributed by atoms with E-state index in [2.05, 4.69) is 17.3 Å². The normalized spacial score (nSPS) is 33.6. The molecule has 5 N–H and O–H groups in total. The van der Waals surface area contributed by atoms with Gasteiger partial charge in [-0.05, 0) is 45.1 Å². The topological polar surface area (TPSA) is 67.3 Å². The summed E-state index contributed by atoms with van der Waals surface area (Å²) in [5.74, 6) is 0.495. The standard InChI is InChI=1S/C11H20N4/c1-15-6-3-9(4-7-15)11(13)5-2-10(12)8-14-11/h2,5,8-9,14H,3-4,6-7,12-13H2,1H3. The van der Waals surface area contributed by atoms with Crippen molar-refractivity contribution in [3.05, 3.63) is 24.0 Å². The van der Waals surface area contributed by atoms with Crippen LogP contribution in [0.2, 0.25) is 0 Å². The maximum Gasteiger partial charge on any atom is 0.108 e. The zero-order valence-corrected chi connectivity index (χ0v) is 9.24. The molecule has 2 aliphatic rings. The number of dihydropyridines is 1. The summed E-state index contributed by atoms with van der Waals surface area (Å²) in [5.41, 5.74) is 12.3. The maximum absolute atomic E-state index is 6.32. The van der Waals surface area contributed by atoms with E-state index in [9.17, 15) is 0 Å². The van der Waals surface area contributed by atoms with E-state index in [4.69, 9.17) is 11.5 Å². The van der Waals surface area contributed by atoms with Crippen molar-refractivity contribution in [3.8, 4) is 0 Å². The third-order valence-electron chi connectivity index (χ3n) is 3.43. The molecule has 4 nitrogen and oxygen atoms in total. The molecule has 0 radical (unpaired) electrons. The Hall–Kier alpha value is -1.00. The molecule has 0 aliphatic carbocycles. The second-order valence-corrected chi connectivity index (χ2v) is 4.63. The van der Waals surface area contributed by atoms with E-state index in [1.54, 1.807) is 6.20 Å². The van der Waals surface area contributed by atoms with Crippen LogP contribution in [0.25, 0.3) is 0 Å². The minimum atomic E-state index is -0.399. The number of likely N-dealkylation sites (tertiary alicyclic amines) is 1. The maximum atomic E-state index is 6.32. The van der Waals surface area contributed by atoms with Gasteiger partial charge >= 0.3 is 0 Å². The van der Waals surface area contributed by atoms with Gasteiger partial charge in [0.1, 0.15) is 5.66 Å². The van der Waals surface area contributed by atoms with Crippen molar-refractivity contribution in [3.63, 3.8) is 0 Å². The van der Waals surface area contributed by atoms with Crippen molar-refractivity contribution in [1.82, 2.24) is 10.2 Å². The van der Waals surface area contributed by atoms with Crippen LogP contribution in [-0.4, -0.2) is 30.7 Å². The Morgan fingerprint density at radius 1 is 1.47 bits per heavy atom. The molecule has 1 saturated heterocycles. The van der Waals surface area contributed by atoms with E-state index in [-0.39, 0.29) is 0 Å². The molecule has 84 valence electrons. The Balaban J connectivity index is 2.02. The predicted molar refractivity (Wildman–Crippen MR) is 61.7 cm³/mol. The third kappa shape index (κ3) is 2.16. The van der Waals surface area contributed by atoms with Gasteiger partial charge in [0.2, 0.25) is 0 Å². The van der Waals surface area contributed by atoms with Crippen molar-refractivity contribution in [1.29, 1.82) is 0 Å². The fourth-order valence-corrected chi connectivity index (χ4v) is 2.28. The van der Waals surface area contributed by atoms with Gasteiger partial charge in [0.25, 0.3) is 0 Å². The highest BCUT2D eigenvalue weighted by Gasteiger charge is 2.34. The fraction of sp³-hybridized carbons (Fsp3) is 0.636. The highest BCUT2D eigenvalue weighted by molar-refractivity contribution is 5.25. The summed E-state index contributed by atoms with van der Waals surface area (Å²) < 4.78 is 0. The molecule has 0 aromatic heterocycles. The number of nitrogens with two attached hydrogens (primary N) is 2. The molecule has 0 saturated carbocycles. The number of nitrogens with one attached hydrogen (secondary N) is 1. The van der Waals surface area contributed by atoms with E-state index in [1.165, 1.54) is 0 Å². The van der Waals surface area contributed by atoms with Gasteiger partial charge in [-0.15, -0.1) is 0 Å². The SMILES string of the molecule is CN1CCC(C2(N)C=CC(N)=CN2)CC1. The second kappa shape index (κ2) is 3.87. The van der Waals surface area contributed by atoms with Crippen molar-refractivity contribution < 1.29 is 0 Å². The first-order valence-electron chi connectivity index (χ1n) is 5.50. The number of hydrogen-bond donors (Lipinski definition) is 3. The molecular formula is C11H20N4. The number of hydrogen-bond acceptors (Lipinski definition) is 4. The van der Waals surface area contributed by atoms with Crippen LogP contribution in [0.3, 0.4) is 0 Å². The smallest absolute Gasteiger partial charge is 0.108 e. The summed E-state index contributed by atoms with van der Waals surface area (Å²) in [6, 6.07) is 0. The molecule has 0 spiro atoms. The number of piperidine rings is 1. The minimum Gasteiger partial charge on any atom is -0.398 e. The summed E-state index contributed by atoms with van der Waals surface area (Å²) in [6.07, 6.45) is 7.97. The molecule has 0 amide bonds. The lowest BCUT2D eigenvalue weighted by Gasteiger charge is -2.41. The van der Waals surface area contributed by atoms with Gasteiger partial charge in [0, 0.05) is 17.8 Å². The van der Waals surface area contributed by atoms with Gasteiger partial charge in [-0.3, -0.25) is 0 Å². The first kappa shape index (κ1) is 10.5. The van der Waals surface area contributed by atoms with E-state index in [1.807, 2.05) is 12.2 Å². The monoisotopic (exact) mass is 208 g/mol. The Bertz CT molecular complexity index is 289. The zero-order chi connectivity index (χ0) is 10.9. The largest absolute Gasteiger partial charge is 0.398 e. The lowest BCUT2D eigenvalue weighted by molar-refractivity contribution is 0.159. The predicted octanol–water partition coefficient (Wildman–Crippen LogP) is -0.0573. The first-order valence-corrected chi connectivity index (χ1v) is 5.50. The van der Waals surface area contributed by atoms with Crippen LogP contribution in [-0.2, 0) is 0 Å². The molecule has 1 unspecified atom stereocenters. The lowest BCUT2D eigenvalue weighted by Crippen LogP contribution is -2.58. The molecule has 0 bridgehead atoms.